The second-order valence-electron chi connectivity index (χ2n) is 3.86. The Morgan fingerprint density at radius 1 is 1.35 bits per heavy atom. The standard InChI is InChI=1S/C12H18F2N2O/c1-17-8-10(3-2-6-15)16-9-4-5-11(13)12(14)7-9/h4-5,7,10,16H,2-3,6,8,15H2,1H3. The van der Waals surface area contributed by atoms with Gasteiger partial charge in [-0.3, -0.25) is 0 Å². The van der Waals surface area contributed by atoms with Crippen LogP contribution in [0.15, 0.2) is 18.2 Å². The van der Waals surface area contributed by atoms with Crippen LogP contribution in [0.2, 0.25) is 0 Å². The average molecular weight is 244 g/mol. The summed E-state index contributed by atoms with van der Waals surface area (Å²) in [6, 6.07) is 3.79. The van der Waals surface area contributed by atoms with Crippen molar-refractivity contribution in [2.24, 2.45) is 5.73 Å². The van der Waals surface area contributed by atoms with E-state index in [2.05, 4.69) is 5.32 Å². The molecule has 0 spiro atoms. The van der Waals surface area contributed by atoms with Gasteiger partial charge in [0.15, 0.2) is 11.6 Å². The fraction of sp³-hybridized carbons (Fsp3) is 0.500. The van der Waals surface area contributed by atoms with Crippen LogP contribution in [-0.2, 0) is 4.74 Å². The number of methoxy groups -OCH3 is 1. The van der Waals surface area contributed by atoms with Crippen molar-refractivity contribution in [2.45, 2.75) is 18.9 Å². The summed E-state index contributed by atoms with van der Waals surface area (Å²) in [7, 11) is 1.60. The molecule has 17 heavy (non-hydrogen) atoms. The van der Waals surface area contributed by atoms with Gasteiger partial charge in [-0.2, -0.15) is 0 Å². The molecule has 1 unspecified atom stereocenters. The summed E-state index contributed by atoms with van der Waals surface area (Å²) >= 11 is 0. The van der Waals surface area contributed by atoms with Crippen LogP contribution in [-0.4, -0.2) is 26.3 Å². The number of nitrogens with one attached hydrogen (secondary N) is 1. The second kappa shape index (κ2) is 7.19. The van der Waals surface area contributed by atoms with Crippen molar-refractivity contribution >= 4 is 5.69 Å². The molecule has 0 aliphatic heterocycles. The quantitative estimate of drug-likeness (QED) is 0.772. The monoisotopic (exact) mass is 244 g/mol. The van der Waals surface area contributed by atoms with Gasteiger partial charge in [-0.15, -0.1) is 0 Å². The first-order chi connectivity index (χ1) is 8.17. The van der Waals surface area contributed by atoms with E-state index in [4.69, 9.17) is 10.5 Å². The first-order valence-electron chi connectivity index (χ1n) is 5.58. The summed E-state index contributed by atoms with van der Waals surface area (Å²) in [6.45, 7) is 1.10. The van der Waals surface area contributed by atoms with Crippen molar-refractivity contribution in [1.82, 2.24) is 0 Å². The lowest BCUT2D eigenvalue weighted by Gasteiger charge is -2.18. The molecule has 0 amide bonds. The van der Waals surface area contributed by atoms with Crippen LogP contribution in [0.25, 0.3) is 0 Å². The lowest BCUT2D eigenvalue weighted by Crippen LogP contribution is -2.25. The summed E-state index contributed by atoms with van der Waals surface area (Å²) in [4.78, 5) is 0. The maximum absolute atomic E-state index is 13.0. The van der Waals surface area contributed by atoms with Gasteiger partial charge in [-0.1, -0.05) is 0 Å². The van der Waals surface area contributed by atoms with Crippen LogP contribution < -0.4 is 11.1 Å². The van der Waals surface area contributed by atoms with Crippen molar-refractivity contribution < 1.29 is 13.5 Å². The van der Waals surface area contributed by atoms with Crippen molar-refractivity contribution in [1.29, 1.82) is 0 Å². The van der Waals surface area contributed by atoms with E-state index in [-0.39, 0.29) is 6.04 Å². The number of anilines is 1. The summed E-state index contributed by atoms with van der Waals surface area (Å²) in [6.07, 6.45) is 1.67. The van der Waals surface area contributed by atoms with Gasteiger partial charge in [0.1, 0.15) is 0 Å². The average Bonchev–Trinajstić information content (AvgIpc) is 2.31. The Hall–Kier alpha value is -1.20. The van der Waals surface area contributed by atoms with E-state index in [0.717, 1.165) is 25.0 Å². The third-order valence-corrected chi connectivity index (χ3v) is 2.41. The predicted octanol–water partition coefficient (Wildman–Crippen LogP) is 2.13. The van der Waals surface area contributed by atoms with Crippen LogP contribution in [0.4, 0.5) is 14.5 Å². The van der Waals surface area contributed by atoms with Gasteiger partial charge in [-0.25, -0.2) is 8.78 Å². The van der Waals surface area contributed by atoms with Crippen molar-refractivity contribution in [2.75, 3.05) is 25.6 Å². The Bertz CT molecular complexity index is 347. The van der Waals surface area contributed by atoms with E-state index >= 15 is 0 Å². The SMILES string of the molecule is COCC(CCCN)Nc1ccc(F)c(F)c1. The van der Waals surface area contributed by atoms with E-state index in [1.165, 1.54) is 6.07 Å². The summed E-state index contributed by atoms with van der Waals surface area (Å²) in [5, 5.41) is 3.10. The Morgan fingerprint density at radius 3 is 2.71 bits per heavy atom. The minimum absolute atomic E-state index is 0.0495. The molecule has 1 atom stereocenters. The molecule has 0 radical (unpaired) electrons. The molecule has 1 aromatic carbocycles. The third-order valence-electron chi connectivity index (χ3n) is 2.41. The Labute approximate surface area is 100.0 Å². The Balaban J connectivity index is 2.61. The van der Waals surface area contributed by atoms with Crippen molar-refractivity contribution in [3.8, 4) is 0 Å². The maximum atomic E-state index is 13.0. The highest BCUT2D eigenvalue weighted by Crippen LogP contribution is 2.15. The van der Waals surface area contributed by atoms with E-state index in [0.29, 0.717) is 18.8 Å². The van der Waals surface area contributed by atoms with Crippen LogP contribution >= 0.6 is 0 Å². The fourth-order valence-corrected chi connectivity index (χ4v) is 1.58. The predicted molar refractivity (Wildman–Crippen MR) is 63.9 cm³/mol. The van der Waals surface area contributed by atoms with Gasteiger partial charge in [0.2, 0.25) is 0 Å². The number of hydrogen-bond acceptors (Lipinski definition) is 3. The summed E-state index contributed by atoms with van der Waals surface area (Å²) < 4.78 is 30.8. The largest absolute Gasteiger partial charge is 0.383 e. The molecule has 1 aromatic rings. The number of ether oxygens (including phenoxy) is 1. The molecule has 0 aliphatic carbocycles. The Kier molecular flexibility index (Phi) is 5.86. The fourth-order valence-electron chi connectivity index (χ4n) is 1.58. The van der Waals surface area contributed by atoms with E-state index in [9.17, 15) is 8.78 Å². The van der Waals surface area contributed by atoms with E-state index in [1.807, 2.05) is 0 Å². The summed E-state index contributed by atoms with van der Waals surface area (Å²) in [5.41, 5.74) is 5.98. The van der Waals surface area contributed by atoms with Gasteiger partial charge in [0, 0.05) is 24.9 Å². The maximum Gasteiger partial charge on any atom is 0.160 e. The minimum atomic E-state index is -0.856. The molecular weight excluding hydrogens is 226 g/mol. The molecule has 0 saturated carbocycles. The van der Waals surface area contributed by atoms with Gasteiger partial charge in [0.25, 0.3) is 0 Å². The van der Waals surface area contributed by atoms with Crippen LogP contribution in [0, 0.1) is 11.6 Å². The van der Waals surface area contributed by atoms with E-state index < -0.39 is 11.6 Å². The van der Waals surface area contributed by atoms with Gasteiger partial charge >= 0.3 is 0 Å². The first kappa shape index (κ1) is 13.9. The zero-order valence-corrected chi connectivity index (χ0v) is 9.88. The molecule has 0 heterocycles. The first-order valence-corrected chi connectivity index (χ1v) is 5.58. The molecule has 3 N–H and O–H groups in total. The van der Waals surface area contributed by atoms with Gasteiger partial charge in [0.05, 0.1) is 6.61 Å². The van der Waals surface area contributed by atoms with Gasteiger partial charge < -0.3 is 15.8 Å². The highest BCUT2D eigenvalue weighted by molar-refractivity contribution is 5.44. The lowest BCUT2D eigenvalue weighted by molar-refractivity contribution is 0.182. The third kappa shape index (κ3) is 4.66. The van der Waals surface area contributed by atoms with Crippen molar-refractivity contribution in [3.05, 3.63) is 29.8 Å². The van der Waals surface area contributed by atoms with Gasteiger partial charge in [-0.05, 0) is 31.5 Å². The normalized spacial score (nSPS) is 12.5. The molecule has 3 nitrogen and oxygen atoms in total. The second-order valence-corrected chi connectivity index (χ2v) is 3.86. The summed E-state index contributed by atoms with van der Waals surface area (Å²) in [5.74, 6) is -1.70. The number of nitrogens with two attached hydrogens (primary N) is 1. The lowest BCUT2D eigenvalue weighted by atomic mass is 10.1. The molecule has 96 valence electrons. The molecule has 0 aromatic heterocycles. The highest BCUT2D eigenvalue weighted by atomic mass is 19.2. The molecular formula is C12H18F2N2O. The van der Waals surface area contributed by atoms with Crippen molar-refractivity contribution in [3.63, 3.8) is 0 Å². The number of benzene rings is 1. The number of rotatable bonds is 7. The minimum Gasteiger partial charge on any atom is -0.383 e. The van der Waals surface area contributed by atoms with Crippen LogP contribution in [0.1, 0.15) is 12.8 Å². The van der Waals surface area contributed by atoms with Crippen LogP contribution in [0.3, 0.4) is 0 Å². The van der Waals surface area contributed by atoms with Crippen LogP contribution in [0.5, 0.6) is 0 Å². The highest BCUT2D eigenvalue weighted by Gasteiger charge is 2.09. The molecule has 0 saturated heterocycles. The molecule has 0 fully saturated rings. The smallest absolute Gasteiger partial charge is 0.160 e. The molecule has 0 bridgehead atoms. The molecule has 5 heteroatoms. The number of halogens is 2. The Morgan fingerprint density at radius 2 is 2.12 bits per heavy atom. The molecule has 0 aliphatic rings. The van der Waals surface area contributed by atoms with E-state index in [1.54, 1.807) is 7.11 Å². The molecule has 1 rings (SSSR count). The number of hydrogen-bond donors (Lipinski definition) is 2. The zero-order valence-electron chi connectivity index (χ0n) is 9.88. The topological polar surface area (TPSA) is 47.3 Å². The zero-order chi connectivity index (χ0) is 12.7.